The van der Waals surface area contributed by atoms with Gasteiger partial charge in [-0.2, -0.15) is 13.2 Å². The van der Waals surface area contributed by atoms with Crippen LogP contribution in [0.2, 0.25) is 0 Å². The van der Waals surface area contributed by atoms with Gasteiger partial charge in [0.25, 0.3) is 0 Å². The maximum atomic E-state index is 12.1. The van der Waals surface area contributed by atoms with Gasteiger partial charge in [0, 0.05) is 19.2 Å². The minimum Gasteiger partial charge on any atom is -0.444 e. The van der Waals surface area contributed by atoms with Gasteiger partial charge in [0.1, 0.15) is 5.60 Å². The van der Waals surface area contributed by atoms with Crippen molar-refractivity contribution in [2.75, 3.05) is 0 Å². The lowest BCUT2D eigenvalue weighted by Gasteiger charge is -2.19. The molecule has 0 fully saturated rings. The molecule has 1 amide bonds. The third kappa shape index (κ3) is 7.57. The van der Waals surface area contributed by atoms with E-state index in [2.05, 4.69) is 10.3 Å². The van der Waals surface area contributed by atoms with E-state index in [0.29, 0.717) is 5.69 Å². The van der Waals surface area contributed by atoms with Gasteiger partial charge in [0.2, 0.25) is 0 Å². The van der Waals surface area contributed by atoms with Crippen molar-refractivity contribution in [3.05, 3.63) is 18.2 Å². The highest BCUT2D eigenvalue weighted by atomic mass is 19.4. The first-order valence-corrected chi connectivity index (χ1v) is 6.59. The predicted molar refractivity (Wildman–Crippen MR) is 70.6 cm³/mol. The maximum Gasteiger partial charge on any atom is 0.407 e. The molecule has 1 rings (SSSR count). The Morgan fingerprint density at radius 1 is 1.38 bits per heavy atom. The van der Waals surface area contributed by atoms with Gasteiger partial charge in [-0.1, -0.05) is 0 Å². The Hall–Kier alpha value is -1.73. The van der Waals surface area contributed by atoms with Gasteiger partial charge in [-0.15, -0.1) is 0 Å². The molecular weight excluding hydrogens is 287 g/mol. The van der Waals surface area contributed by atoms with Crippen molar-refractivity contribution in [3.8, 4) is 0 Å². The minimum absolute atomic E-state index is 0.0285. The topological polar surface area (TPSA) is 56.1 Å². The van der Waals surface area contributed by atoms with E-state index in [0.717, 1.165) is 0 Å². The summed E-state index contributed by atoms with van der Waals surface area (Å²) in [5.74, 6) is 0. The number of imidazole rings is 1. The molecule has 0 aliphatic rings. The Kier molecular flexibility index (Phi) is 5.62. The molecule has 1 heterocycles. The molecule has 0 aromatic carbocycles. The molecule has 1 N–H and O–H groups in total. The highest BCUT2D eigenvalue weighted by Crippen LogP contribution is 2.21. The summed E-state index contributed by atoms with van der Waals surface area (Å²) < 4.78 is 43.0. The maximum absolute atomic E-state index is 12.1. The monoisotopic (exact) mass is 307 g/mol. The first kappa shape index (κ1) is 17.3. The average Bonchev–Trinajstić information content (AvgIpc) is 2.70. The zero-order valence-corrected chi connectivity index (χ0v) is 12.3. The second-order valence-electron chi connectivity index (χ2n) is 5.65. The van der Waals surface area contributed by atoms with Gasteiger partial charge < -0.3 is 14.6 Å². The molecule has 0 radical (unpaired) electrons. The third-order valence-corrected chi connectivity index (χ3v) is 2.47. The normalized spacial score (nSPS) is 12.3. The van der Waals surface area contributed by atoms with E-state index < -0.39 is 24.3 Å². The number of nitrogens with zero attached hydrogens (tertiary/aromatic N) is 2. The van der Waals surface area contributed by atoms with Crippen LogP contribution in [0.5, 0.6) is 0 Å². The fraction of sp³-hybridized carbons (Fsp3) is 0.692. The Bertz CT molecular complexity index is 464. The summed E-state index contributed by atoms with van der Waals surface area (Å²) >= 11 is 0. The zero-order valence-electron chi connectivity index (χ0n) is 12.3. The number of alkyl carbamates (subject to hydrolysis) is 1. The summed E-state index contributed by atoms with van der Waals surface area (Å²) in [5, 5.41) is 2.54. The van der Waals surface area contributed by atoms with Gasteiger partial charge in [0.15, 0.2) is 0 Å². The van der Waals surface area contributed by atoms with Gasteiger partial charge in [0.05, 0.1) is 18.6 Å². The number of hydrogen-bond acceptors (Lipinski definition) is 3. The Morgan fingerprint density at radius 3 is 2.62 bits per heavy atom. The van der Waals surface area contributed by atoms with Crippen molar-refractivity contribution < 1.29 is 22.7 Å². The lowest BCUT2D eigenvalue weighted by atomic mass is 10.2. The Labute approximate surface area is 121 Å². The van der Waals surface area contributed by atoms with E-state index in [1.165, 1.54) is 12.5 Å². The smallest absolute Gasteiger partial charge is 0.407 e. The number of amides is 1. The summed E-state index contributed by atoms with van der Waals surface area (Å²) in [7, 11) is 0. The number of carbonyl (C=O) groups excluding carboxylic acids is 1. The number of alkyl halides is 3. The largest absolute Gasteiger partial charge is 0.444 e. The van der Waals surface area contributed by atoms with Crippen LogP contribution >= 0.6 is 0 Å². The first-order valence-electron chi connectivity index (χ1n) is 6.59. The van der Waals surface area contributed by atoms with Crippen LogP contribution in [-0.4, -0.2) is 27.4 Å². The number of aryl methyl sites for hydroxylation is 1. The molecule has 0 spiro atoms. The average molecular weight is 307 g/mol. The summed E-state index contributed by atoms with van der Waals surface area (Å²) in [6, 6.07) is 0. The number of ether oxygens (including phenoxy) is 1. The molecule has 5 nitrogen and oxygen atoms in total. The van der Waals surface area contributed by atoms with Gasteiger partial charge in [-0.05, 0) is 27.2 Å². The van der Waals surface area contributed by atoms with Crippen molar-refractivity contribution >= 4 is 6.09 Å². The van der Waals surface area contributed by atoms with Gasteiger partial charge in [-0.25, -0.2) is 9.78 Å². The highest BCUT2D eigenvalue weighted by molar-refractivity contribution is 5.67. The number of rotatable bonds is 5. The van der Waals surface area contributed by atoms with Crippen LogP contribution in [0, 0.1) is 0 Å². The Morgan fingerprint density at radius 2 is 2.05 bits per heavy atom. The van der Waals surface area contributed by atoms with Crippen LogP contribution in [0.25, 0.3) is 0 Å². The van der Waals surface area contributed by atoms with Crippen LogP contribution in [-0.2, 0) is 17.8 Å². The zero-order chi connectivity index (χ0) is 16.1. The van der Waals surface area contributed by atoms with Crippen LogP contribution in [0.4, 0.5) is 18.0 Å². The Balaban J connectivity index is 2.43. The van der Waals surface area contributed by atoms with Crippen molar-refractivity contribution in [3.63, 3.8) is 0 Å². The first-order chi connectivity index (χ1) is 9.57. The number of carbonyl (C=O) groups is 1. The van der Waals surface area contributed by atoms with Crippen LogP contribution in [0.3, 0.4) is 0 Å². The number of nitrogens with one attached hydrogen (secondary N) is 1. The SMILES string of the molecule is CC(C)(C)OC(=O)NCc1cncn1CCCC(F)(F)F. The summed E-state index contributed by atoms with van der Waals surface area (Å²) in [4.78, 5) is 15.4. The molecule has 21 heavy (non-hydrogen) atoms. The fourth-order valence-electron chi connectivity index (χ4n) is 1.62. The predicted octanol–water partition coefficient (Wildman–Crippen LogP) is 3.25. The van der Waals surface area contributed by atoms with E-state index >= 15 is 0 Å². The van der Waals surface area contributed by atoms with E-state index in [-0.39, 0.29) is 19.5 Å². The molecule has 8 heteroatoms. The summed E-state index contributed by atoms with van der Waals surface area (Å²) in [6.07, 6.45) is -2.66. The van der Waals surface area contributed by atoms with Crippen molar-refractivity contribution in [1.82, 2.24) is 14.9 Å². The van der Waals surface area contributed by atoms with Crippen LogP contribution in [0.1, 0.15) is 39.3 Å². The van der Waals surface area contributed by atoms with Crippen LogP contribution < -0.4 is 5.32 Å². The number of halogens is 3. The lowest BCUT2D eigenvalue weighted by Crippen LogP contribution is -2.32. The summed E-state index contributed by atoms with van der Waals surface area (Å²) in [5.41, 5.74) is 0.0276. The number of aromatic nitrogens is 2. The molecule has 0 unspecified atom stereocenters. The van der Waals surface area contributed by atoms with Crippen molar-refractivity contribution in [2.45, 2.75) is 58.5 Å². The second kappa shape index (κ2) is 6.82. The molecule has 1 aromatic rings. The quantitative estimate of drug-likeness (QED) is 0.908. The molecule has 120 valence electrons. The van der Waals surface area contributed by atoms with Gasteiger partial charge >= 0.3 is 12.3 Å². The standard InChI is InChI=1S/C13H20F3N3O2/c1-12(2,3)21-11(20)18-8-10-7-17-9-19(10)6-4-5-13(14,15)16/h7,9H,4-6,8H2,1-3H3,(H,18,20). The van der Waals surface area contributed by atoms with E-state index in [4.69, 9.17) is 4.74 Å². The molecule has 0 atom stereocenters. The molecule has 0 aliphatic heterocycles. The van der Waals surface area contributed by atoms with E-state index in [1.54, 1.807) is 25.3 Å². The van der Waals surface area contributed by atoms with E-state index in [9.17, 15) is 18.0 Å². The van der Waals surface area contributed by atoms with Crippen molar-refractivity contribution in [2.24, 2.45) is 0 Å². The molecule has 0 saturated carbocycles. The molecule has 0 aliphatic carbocycles. The molecule has 1 aromatic heterocycles. The lowest BCUT2D eigenvalue weighted by molar-refractivity contribution is -0.135. The van der Waals surface area contributed by atoms with Crippen LogP contribution in [0.15, 0.2) is 12.5 Å². The van der Waals surface area contributed by atoms with Gasteiger partial charge in [-0.3, -0.25) is 0 Å². The third-order valence-electron chi connectivity index (χ3n) is 2.47. The molecule has 0 bridgehead atoms. The molecular formula is C13H20F3N3O2. The number of hydrogen-bond donors (Lipinski definition) is 1. The highest BCUT2D eigenvalue weighted by Gasteiger charge is 2.26. The minimum atomic E-state index is -4.16. The second-order valence-corrected chi connectivity index (χ2v) is 5.65. The fourth-order valence-corrected chi connectivity index (χ4v) is 1.62. The van der Waals surface area contributed by atoms with E-state index in [1.807, 2.05) is 0 Å². The summed E-state index contributed by atoms with van der Waals surface area (Å²) in [6.45, 7) is 5.59. The van der Waals surface area contributed by atoms with Crippen molar-refractivity contribution in [1.29, 1.82) is 0 Å². The molecule has 0 saturated heterocycles.